The number of benzene rings is 1. The van der Waals surface area contributed by atoms with Gasteiger partial charge in [0.2, 0.25) is 0 Å². The van der Waals surface area contributed by atoms with E-state index in [0.717, 1.165) is 49.1 Å². The van der Waals surface area contributed by atoms with Crippen LogP contribution in [0.25, 0.3) is 0 Å². The van der Waals surface area contributed by atoms with Crippen LogP contribution < -0.4 is 14.8 Å². The molecule has 3 aliphatic rings. The van der Waals surface area contributed by atoms with Crippen LogP contribution in [0.3, 0.4) is 0 Å². The van der Waals surface area contributed by atoms with Gasteiger partial charge in [0.15, 0.2) is 5.78 Å². The quantitative estimate of drug-likeness (QED) is 0.665. The van der Waals surface area contributed by atoms with Crippen molar-refractivity contribution in [1.29, 1.82) is 0 Å². The summed E-state index contributed by atoms with van der Waals surface area (Å²) in [5, 5.41) is 3.39. The topological polar surface area (TPSA) is 73.9 Å². The van der Waals surface area contributed by atoms with Crippen LogP contribution in [0.5, 0.6) is 11.5 Å². The fourth-order valence-electron chi connectivity index (χ4n) is 5.30. The molecule has 1 atom stereocenters. The molecule has 0 saturated heterocycles. The zero-order chi connectivity index (χ0) is 23.0. The van der Waals surface area contributed by atoms with Crippen molar-refractivity contribution in [3.05, 3.63) is 46.3 Å². The predicted octanol–water partition coefficient (Wildman–Crippen LogP) is 4.79. The van der Waals surface area contributed by atoms with Crippen LogP contribution in [0.1, 0.15) is 70.8 Å². The number of ketones is 1. The molecule has 6 nitrogen and oxygen atoms in total. The molecule has 32 heavy (non-hydrogen) atoms. The van der Waals surface area contributed by atoms with Gasteiger partial charge in [-0.25, -0.2) is 4.79 Å². The van der Waals surface area contributed by atoms with Crippen LogP contribution in [0.4, 0.5) is 0 Å². The normalized spacial score (nSPS) is 23.0. The Balaban J connectivity index is 1.86. The molecule has 4 rings (SSSR count). The molecule has 1 fully saturated rings. The van der Waals surface area contributed by atoms with Crippen molar-refractivity contribution >= 4 is 11.8 Å². The van der Waals surface area contributed by atoms with Crippen molar-refractivity contribution in [2.24, 2.45) is 5.41 Å². The molecular formula is C26H33NO5. The van der Waals surface area contributed by atoms with E-state index in [0.29, 0.717) is 29.1 Å². The van der Waals surface area contributed by atoms with E-state index in [4.69, 9.17) is 14.2 Å². The number of methoxy groups -OCH3 is 2. The van der Waals surface area contributed by atoms with Gasteiger partial charge in [-0.2, -0.15) is 0 Å². The van der Waals surface area contributed by atoms with Gasteiger partial charge in [0.25, 0.3) is 0 Å². The van der Waals surface area contributed by atoms with Crippen molar-refractivity contribution in [2.75, 3.05) is 14.2 Å². The third kappa shape index (κ3) is 4.15. The monoisotopic (exact) mass is 439 g/mol. The zero-order valence-electron chi connectivity index (χ0n) is 19.7. The Bertz CT molecular complexity index is 997. The highest BCUT2D eigenvalue weighted by Gasteiger charge is 2.44. The Hall–Kier alpha value is -2.76. The van der Waals surface area contributed by atoms with E-state index < -0.39 is 5.92 Å². The Morgan fingerprint density at radius 1 is 1.09 bits per heavy atom. The number of ether oxygens (including phenoxy) is 3. The third-order valence-corrected chi connectivity index (χ3v) is 6.78. The lowest BCUT2D eigenvalue weighted by Crippen LogP contribution is -2.39. The summed E-state index contributed by atoms with van der Waals surface area (Å²) in [6.45, 7) is 6.08. The summed E-state index contributed by atoms with van der Waals surface area (Å²) >= 11 is 0. The molecule has 6 heteroatoms. The predicted molar refractivity (Wildman–Crippen MR) is 122 cm³/mol. The Morgan fingerprint density at radius 2 is 1.81 bits per heavy atom. The molecule has 0 unspecified atom stereocenters. The number of rotatable bonds is 5. The van der Waals surface area contributed by atoms with Crippen LogP contribution in [0.15, 0.2) is 40.7 Å². The van der Waals surface area contributed by atoms with E-state index in [1.807, 2.05) is 25.1 Å². The molecule has 1 N–H and O–H groups in total. The molecule has 1 aromatic rings. The average molecular weight is 440 g/mol. The molecule has 1 heterocycles. The number of carbonyl (C=O) groups is 2. The molecule has 1 saturated carbocycles. The maximum absolute atomic E-state index is 13.5. The van der Waals surface area contributed by atoms with Crippen molar-refractivity contribution in [2.45, 2.75) is 71.3 Å². The van der Waals surface area contributed by atoms with Gasteiger partial charge in [-0.05, 0) is 62.6 Å². The highest BCUT2D eigenvalue weighted by atomic mass is 16.5. The van der Waals surface area contributed by atoms with E-state index >= 15 is 0 Å². The van der Waals surface area contributed by atoms with Gasteiger partial charge >= 0.3 is 5.97 Å². The van der Waals surface area contributed by atoms with Gasteiger partial charge < -0.3 is 19.5 Å². The van der Waals surface area contributed by atoms with Gasteiger partial charge in [-0.1, -0.05) is 13.8 Å². The number of nitrogens with one attached hydrogen (secondary N) is 1. The minimum atomic E-state index is -0.561. The second-order valence-corrected chi connectivity index (χ2v) is 9.85. The van der Waals surface area contributed by atoms with Crippen molar-refractivity contribution in [3.63, 3.8) is 0 Å². The molecule has 172 valence electrons. The molecule has 0 aromatic heterocycles. The van der Waals surface area contributed by atoms with Gasteiger partial charge in [0.1, 0.15) is 17.6 Å². The maximum atomic E-state index is 13.5. The first-order valence-electron chi connectivity index (χ1n) is 11.4. The maximum Gasteiger partial charge on any atom is 0.337 e. The molecule has 0 radical (unpaired) electrons. The van der Waals surface area contributed by atoms with Crippen LogP contribution >= 0.6 is 0 Å². The molecular weight excluding hydrogens is 406 g/mol. The third-order valence-electron chi connectivity index (χ3n) is 6.78. The first-order valence-corrected chi connectivity index (χ1v) is 11.4. The van der Waals surface area contributed by atoms with E-state index in [2.05, 4.69) is 19.2 Å². The Labute approximate surface area is 190 Å². The summed E-state index contributed by atoms with van der Waals surface area (Å²) in [4.78, 5) is 26.9. The number of hydrogen-bond donors (Lipinski definition) is 1. The minimum absolute atomic E-state index is 0.0530. The average Bonchev–Trinajstić information content (AvgIpc) is 3.24. The second-order valence-electron chi connectivity index (χ2n) is 9.85. The number of carbonyl (C=O) groups excluding carboxylic acids is 2. The van der Waals surface area contributed by atoms with Crippen LogP contribution in [0.2, 0.25) is 0 Å². The van der Waals surface area contributed by atoms with Gasteiger partial charge in [0.05, 0.1) is 25.7 Å². The van der Waals surface area contributed by atoms with E-state index in [1.54, 1.807) is 14.2 Å². The summed E-state index contributed by atoms with van der Waals surface area (Å²) in [5.41, 5.74) is 3.33. The lowest BCUT2D eigenvalue weighted by atomic mass is 9.68. The highest BCUT2D eigenvalue weighted by Crippen LogP contribution is 2.49. The number of dihydropyridines is 1. The number of Topliss-reactive ketones (excluding diaryl/α,β-unsaturated/α-hetero) is 1. The smallest absolute Gasteiger partial charge is 0.337 e. The van der Waals surface area contributed by atoms with Crippen molar-refractivity contribution < 1.29 is 23.8 Å². The fourth-order valence-corrected chi connectivity index (χ4v) is 5.30. The van der Waals surface area contributed by atoms with Gasteiger partial charge in [0, 0.05) is 29.0 Å². The molecule has 2 aliphatic carbocycles. The second kappa shape index (κ2) is 8.64. The SMILES string of the molecule is COc1ccc(OC)c([C@H]2C(C(=O)OC3CCCC3)=C(C)NC3=C2C(=O)CC(C)(C)C3)c1. The highest BCUT2D eigenvalue weighted by molar-refractivity contribution is 6.04. The number of esters is 1. The van der Waals surface area contributed by atoms with Gasteiger partial charge in [-0.3, -0.25) is 4.79 Å². The molecule has 0 spiro atoms. The first kappa shape index (κ1) is 22.4. The lowest BCUT2D eigenvalue weighted by molar-refractivity contribution is -0.144. The molecule has 0 bridgehead atoms. The largest absolute Gasteiger partial charge is 0.497 e. The zero-order valence-corrected chi connectivity index (χ0v) is 19.7. The summed E-state index contributed by atoms with van der Waals surface area (Å²) < 4.78 is 17.0. The van der Waals surface area contributed by atoms with Crippen LogP contribution in [0, 0.1) is 5.41 Å². The lowest BCUT2D eigenvalue weighted by Gasteiger charge is -2.39. The summed E-state index contributed by atoms with van der Waals surface area (Å²) in [6.07, 6.45) is 5.03. The molecule has 1 aromatic carbocycles. The summed E-state index contributed by atoms with van der Waals surface area (Å²) in [5.74, 6) is 0.388. The molecule has 1 aliphatic heterocycles. The van der Waals surface area contributed by atoms with Crippen molar-refractivity contribution in [1.82, 2.24) is 5.32 Å². The summed E-state index contributed by atoms with van der Waals surface area (Å²) in [6, 6.07) is 5.50. The minimum Gasteiger partial charge on any atom is -0.497 e. The first-order chi connectivity index (χ1) is 15.2. The van der Waals surface area contributed by atoms with Crippen molar-refractivity contribution in [3.8, 4) is 11.5 Å². The Morgan fingerprint density at radius 3 is 2.47 bits per heavy atom. The number of allylic oxidation sites excluding steroid dienone is 3. The van der Waals surface area contributed by atoms with E-state index in [9.17, 15) is 9.59 Å². The van der Waals surface area contributed by atoms with E-state index in [-0.39, 0.29) is 23.3 Å². The van der Waals surface area contributed by atoms with Crippen LogP contribution in [-0.2, 0) is 14.3 Å². The fraction of sp³-hybridized carbons (Fsp3) is 0.538. The number of hydrogen-bond acceptors (Lipinski definition) is 6. The Kier molecular flexibility index (Phi) is 6.06. The van der Waals surface area contributed by atoms with Crippen LogP contribution in [-0.4, -0.2) is 32.1 Å². The standard InChI is InChI=1S/C26H33NO5/c1-15-22(25(29)32-16-8-6-7-9-16)23(18-12-17(30-4)10-11-21(18)31-5)24-19(27-15)13-26(2,3)14-20(24)28/h10-12,16,23,27H,6-9,13-14H2,1-5H3/t23-/m0/s1. The molecule has 0 amide bonds. The van der Waals surface area contributed by atoms with Gasteiger partial charge in [-0.15, -0.1) is 0 Å². The summed E-state index contributed by atoms with van der Waals surface area (Å²) in [7, 11) is 3.20. The van der Waals surface area contributed by atoms with E-state index in [1.165, 1.54) is 0 Å².